The molecule has 1 heterocycles. The number of esters is 1. The third-order valence-corrected chi connectivity index (χ3v) is 6.35. The van der Waals surface area contributed by atoms with Gasteiger partial charge >= 0.3 is 5.97 Å². The Kier molecular flexibility index (Phi) is 4.25. The highest BCUT2D eigenvalue weighted by Gasteiger charge is 2.55. The Labute approximate surface area is 143 Å². The molecule has 24 heavy (non-hydrogen) atoms. The summed E-state index contributed by atoms with van der Waals surface area (Å²) in [6, 6.07) is 0. The quantitative estimate of drug-likeness (QED) is 0.602. The number of fused-ring (bicyclic) bond motifs is 1. The number of rotatable bonds is 2. The first kappa shape index (κ1) is 17.4. The number of cyclic esters (lactones) is 1. The maximum Gasteiger partial charge on any atom is 0.340 e. The van der Waals surface area contributed by atoms with Crippen molar-refractivity contribution in [3.8, 4) is 0 Å². The molecule has 0 spiro atoms. The minimum atomic E-state index is -1.15. The van der Waals surface area contributed by atoms with Gasteiger partial charge < -0.3 is 14.9 Å². The van der Waals surface area contributed by atoms with Crippen molar-refractivity contribution in [3.05, 3.63) is 36.0 Å². The van der Waals surface area contributed by atoms with Gasteiger partial charge in [-0.25, -0.2) is 4.79 Å². The molecule has 0 aromatic carbocycles. The number of carbonyl (C=O) groups excluding carboxylic acids is 1. The van der Waals surface area contributed by atoms with Gasteiger partial charge in [-0.2, -0.15) is 0 Å². The fourth-order valence-corrected chi connectivity index (χ4v) is 5.53. The van der Waals surface area contributed by atoms with E-state index in [9.17, 15) is 15.0 Å². The standard InChI is InChI=1S/C20H28O4/c1-12-10-15(21)17-19(2,3)8-5-9-20(17,4)14(12)7-6-13-11-16(22)24-18(13)23/h6-7,11,14-17,21-22H,1,5,8-10H2,2-4H3/b7-6+/t14-,15+,16+,17-,20+/m0/s1. The second-order valence-electron chi connectivity index (χ2n) is 8.51. The maximum atomic E-state index is 11.7. The topological polar surface area (TPSA) is 66.8 Å². The number of allylic oxidation sites excluding steroid dienone is 1. The highest BCUT2D eigenvalue weighted by Crippen LogP contribution is 2.61. The van der Waals surface area contributed by atoms with E-state index in [0.717, 1.165) is 24.8 Å². The molecule has 2 N–H and O–H groups in total. The summed E-state index contributed by atoms with van der Waals surface area (Å²) >= 11 is 0. The van der Waals surface area contributed by atoms with E-state index in [-0.39, 0.29) is 28.8 Å². The van der Waals surface area contributed by atoms with Crippen molar-refractivity contribution in [3.63, 3.8) is 0 Å². The van der Waals surface area contributed by atoms with Gasteiger partial charge in [0.2, 0.25) is 6.29 Å². The van der Waals surface area contributed by atoms with Crippen molar-refractivity contribution in [1.82, 2.24) is 0 Å². The van der Waals surface area contributed by atoms with E-state index in [1.165, 1.54) is 6.08 Å². The zero-order valence-corrected chi connectivity index (χ0v) is 14.8. The van der Waals surface area contributed by atoms with Crippen LogP contribution in [-0.2, 0) is 9.53 Å². The fourth-order valence-electron chi connectivity index (χ4n) is 5.53. The number of aliphatic hydroxyl groups excluding tert-OH is 2. The average Bonchev–Trinajstić information content (AvgIpc) is 2.74. The fraction of sp³-hybridized carbons (Fsp3) is 0.650. The van der Waals surface area contributed by atoms with Gasteiger partial charge in [-0.1, -0.05) is 51.5 Å². The van der Waals surface area contributed by atoms with E-state index in [0.29, 0.717) is 12.0 Å². The summed E-state index contributed by atoms with van der Waals surface area (Å²) < 4.78 is 4.73. The van der Waals surface area contributed by atoms with Crippen LogP contribution < -0.4 is 0 Å². The number of ether oxygens (including phenoxy) is 1. The molecule has 0 unspecified atom stereocenters. The second-order valence-corrected chi connectivity index (χ2v) is 8.51. The lowest BCUT2D eigenvalue weighted by Crippen LogP contribution is -2.55. The van der Waals surface area contributed by atoms with Gasteiger partial charge in [0.15, 0.2) is 0 Å². The van der Waals surface area contributed by atoms with Gasteiger partial charge in [-0.15, -0.1) is 0 Å². The van der Waals surface area contributed by atoms with E-state index in [2.05, 4.69) is 27.4 Å². The van der Waals surface area contributed by atoms with Crippen molar-refractivity contribution in [1.29, 1.82) is 0 Å². The second kappa shape index (κ2) is 5.85. The summed E-state index contributed by atoms with van der Waals surface area (Å²) in [5.41, 5.74) is 1.41. The molecule has 3 aliphatic rings. The van der Waals surface area contributed by atoms with Crippen LogP contribution in [0.2, 0.25) is 0 Å². The molecule has 5 atom stereocenters. The third kappa shape index (κ3) is 2.76. The van der Waals surface area contributed by atoms with Crippen molar-refractivity contribution in [2.45, 2.75) is 58.8 Å². The molecule has 2 aliphatic carbocycles. The molecule has 0 amide bonds. The molecule has 0 bridgehead atoms. The molecular formula is C20H28O4. The van der Waals surface area contributed by atoms with E-state index in [4.69, 9.17) is 4.74 Å². The Bertz CT molecular complexity index is 615. The Hall–Kier alpha value is -1.39. The first-order chi connectivity index (χ1) is 11.1. The summed E-state index contributed by atoms with van der Waals surface area (Å²) in [7, 11) is 0. The lowest BCUT2D eigenvalue weighted by molar-refractivity contribution is -0.150. The summed E-state index contributed by atoms with van der Waals surface area (Å²) in [6.07, 6.45) is 7.58. The molecule has 1 aliphatic heterocycles. The molecule has 0 aromatic heterocycles. The lowest BCUT2D eigenvalue weighted by atomic mass is 9.47. The van der Waals surface area contributed by atoms with Crippen LogP contribution in [0.15, 0.2) is 36.0 Å². The first-order valence-electron chi connectivity index (χ1n) is 8.80. The van der Waals surface area contributed by atoms with Gasteiger partial charge in [-0.3, -0.25) is 0 Å². The maximum absolute atomic E-state index is 11.7. The van der Waals surface area contributed by atoms with Crippen LogP contribution in [0, 0.1) is 22.7 Å². The summed E-state index contributed by atoms with van der Waals surface area (Å²) in [5, 5.41) is 20.1. The summed E-state index contributed by atoms with van der Waals surface area (Å²) in [6.45, 7) is 11.0. The summed E-state index contributed by atoms with van der Waals surface area (Å²) in [4.78, 5) is 11.7. The van der Waals surface area contributed by atoms with Gasteiger partial charge in [0.05, 0.1) is 11.7 Å². The van der Waals surface area contributed by atoms with Crippen LogP contribution in [0.5, 0.6) is 0 Å². The molecule has 4 heteroatoms. The van der Waals surface area contributed by atoms with Crippen molar-refractivity contribution in [2.75, 3.05) is 0 Å². The van der Waals surface area contributed by atoms with Crippen LogP contribution in [0.3, 0.4) is 0 Å². The Morgan fingerprint density at radius 3 is 2.62 bits per heavy atom. The Morgan fingerprint density at radius 2 is 2.00 bits per heavy atom. The van der Waals surface area contributed by atoms with E-state index < -0.39 is 12.3 Å². The normalized spacial score (nSPS) is 42.0. The molecule has 132 valence electrons. The van der Waals surface area contributed by atoms with Crippen LogP contribution in [-0.4, -0.2) is 28.6 Å². The molecule has 0 aromatic rings. The Balaban J connectivity index is 1.93. The zero-order chi connectivity index (χ0) is 17.7. The number of hydrogen-bond donors (Lipinski definition) is 2. The monoisotopic (exact) mass is 332 g/mol. The average molecular weight is 332 g/mol. The highest BCUT2D eigenvalue weighted by molar-refractivity contribution is 5.93. The van der Waals surface area contributed by atoms with Crippen LogP contribution in [0.4, 0.5) is 0 Å². The Morgan fingerprint density at radius 1 is 1.29 bits per heavy atom. The van der Waals surface area contributed by atoms with Crippen LogP contribution >= 0.6 is 0 Å². The molecular weight excluding hydrogens is 304 g/mol. The predicted octanol–water partition coefficient (Wildman–Crippen LogP) is 3.11. The van der Waals surface area contributed by atoms with Gasteiger partial charge in [-0.05, 0) is 42.1 Å². The predicted molar refractivity (Wildman–Crippen MR) is 91.8 cm³/mol. The van der Waals surface area contributed by atoms with Crippen molar-refractivity contribution >= 4 is 5.97 Å². The third-order valence-electron chi connectivity index (χ3n) is 6.35. The number of aliphatic hydroxyl groups is 2. The van der Waals surface area contributed by atoms with E-state index in [1.54, 1.807) is 6.08 Å². The molecule has 0 radical (unpaired) electrons. The van der Waals surface area contributed by atoms with Crippen LogP contribution in [0.1, 0.15) is 46.5 Å². The summed E-state index contributed by atoms with van der Waals surface area (Å²) in [5.74, 6) is -0.184. The number of hydrogen-bond acceptors (Lipinski definition) is 4. The SMILES string of the molecule is C=C1C[C@@H](O)[C@H]2C(C)(C)CCC[C@]2(C)[C@H]1/C=C/C1=C[C@H](O)OC1=O. The largest absolute Gasteiger partial charge is 0.429 e. The van der Waals surface area contributed by atoms with E-state index >= 15 is 0 Å². The highest BCUT2D eigenvalue weighted by atomic mass is 16.6. The van der Waals surface area contributed by atoms with Gasteiger partial charge in [0, 0.05) is 5.92 Å². The zero-order valence-electron chi connectivity index (χ0n) is 14.8. The molecule has 0 saturated heterocycles. The molecule has 4 nitrogen and oxygen atoms in total. The smallest absolute Gasteiger partial charge is 0.340 e. The lowest BCUT2D eigenvalue weighted by Gasteiger charge is -2.59. The minimum Gasteiger partial charge on any atom is -0.429 e. The number of carbonyl (C=O) groups is 1. The molecule has 2 fully saturated rings. The van der Waals surface area contributed by atoms with Crippen LogP contribution in [0.25, 0.3) is 0 Å². The molecule has 2 saturated carbocycles. The van der Waals surface area contributed by atoms with E-state index in [1.807, 2.05) is 6.08 Å². The van der Waals surface area contributed by atoms with Gasteiger partial charge in [0.25, 0.3) is 0 Å². The first-order valence-corrected chi connectivity index (χ1v) is 8.80. The minimum absolute atomic E-state index is 0.0747. The van der Waals surface area contributed by atoms with Crippen molar-refractivity contribution < 1.29 is 19.7 Å². The molecule has 3 rings (SSSR count). The van der Waals surface area contributed by atoms with Gasteiger partial charge in [0.1, 0.15) is 0 Å². The van der Waals surface area contributed by atoms with Crippen molar-refractivity contribution in [2.24, 2.45) is 22.7 Å².